The molecule has 0 radical (unpaired) electrons. The van der Waals surface area contributed by atoms with E-state index >= 15 is 0 Å². The molecule has 0 bridgehead atoms. The van der Waals surface area contributed by atoms with Crippen LogP contribution in [-0.4, -0.2) is 33.3 Å². The molecule has 5 nitrogen and oxygen atoms in total. The monoisotopic (exact) mass is 263 g/mol. The zero-order valence-corrected chi connectivity index (χ0v) is 10.2. The van der Waals surface area contributed by atoms with Crippen molar-refractivity contribution in [3.05, 3.63) is 10.3 Å². The SMILES string of the molecule is COC(C)C(C)(O)c1c(Br)nnn1C. The fourth-order valence-corrected chi connectivity index (χ4v) is 2.02. The first-order valence-corrected chi connectivity index (χ1v) is 5.01. The summed E-state index contributed by atoms with van der Waals surface area (Å²) in [6.07, 6.45) is -0.337. The molecule has 0 fully saturated rings. The van der Waals surface area contributed by atoms with Gasteiger partial charge in [-0.25, -0.2) is 4.68 Å². The van der Waals surface area contributed by atoms with Crippen LogP contribution in [0.4, 0.5) is 0 Å². The maximum Gasteiger partial charge on any atom is 0.154 e. The Bertz CT molecular complexity index is 305. The average Bonchev–Trinajstić information content (AvgIpc) is 2.44. The van der Waals surface area contributed by atoms with Gasteiger partial charge in [0.1, 0.15) is 11.3 Å². The van der Waals surface area contributed by atoms with Crippen LogP contribution in [-0.2, 0) is 17.4 Å². The molecule has 1 N–H and O–H groups in total. The molecule has 2 atom stereocenters. The fourth-order valence-electron chi connectivity index (χ4n) is 1.29. The highest BCUT2D eigenvalue weighted by atomic mass is 79.9. The molecule has 6 heteroatoms. The van der Waals surface area contributed by atoms with Crippen LogP contribution in [0.15, 0.2) is 4.60 Å². The van der Waals surface area contributed by atoms with Crippen LogP contribution < -0.4 is 0 Å². The number of hydrogen-bond acceptors (Lipinski definition) is 4. The lowest BCUT2D eigenvalue weighted by Gasteiger charge is -2.28. The minimum absolute atomic E-state index is 0.337. The van der Waals surface area contributed by atoms with E-state index < -0.39 is 5.60 Å². The van der Waals surface area contributed by atoms with Gasteiger partial charge in [0.2, 0.25) is 0 Å². The number of rotatable bonds is 3. The second kappa shape index (κ2) is 3.96. The fraction of sp³-hybridized carbons (Fsp3) is 0.750. The number of halogens is 1. The molecule has 0 aliphatic rings. The van der Waals surface area contributed by atoms with Crippen LogP contribution in [0.5, 0.6) is 0 Å². The molecule has 14 heavy (non-hydrogen) atoms. The van der Waals surface area contributed by atoms with Gasteiger partial charge in [0.15, 0.2) is 4.60 Å². The van der Waals surface area contributed by atoms with E-state index in [0.29, 0.717) is 10.3 Å². The van der Waals surface area contributed by atoms with Crippen molar-refractivity contribution in [3.63, 3.8) is 0 Å². The highest BCUT2D eigenvalue weighted by Gasteiger charge is 2.36. The number of nitrogens with zero attached hydrogens (tertiary/aromatic N) is 3. The minimum atomic E-state index is -1.12. The summed E-state index contributed by atoms with van der Waals surface area (Å²) in [7, 11) is 3.28. The molecule has 1 heterocycles. The zero-order valence-electron chi connectivity index (χ0n) is 8.65. The van der Waals surface area contributed by atoms with Gasteiger partial charge in [-0.15, -0.1) is 5.10 Å². The number of methoxy groups -OCH3 is 1. The van der Waals surface area contributed by atoms with Crippen LogP contribution in [0.3, 0.4) is 0 Å². The second-order valence-electron chi connectivity index (χ2n) is 3.38. The molecule has 0 aliphatic heterocycles. The predicted molar refractivity (Wildman–Crippen MR) is 54.7 cm³/mol. The zero-order chi connectivity index (χ0) is 10.9. The molecule has 0 saturated carbocycles. The smallest absolute Gasteiger partial charge is 0.154 e. The van der Waals surface area contributed by atoms with Crippen LogP contribution in [0.25, 0.3) is 0 Å². The van der Waals surface area contributed by atoms with E-state index in [4.69, 9.17) is 4.74 Å². The van der Waals surface area contributed by atoms with E-state index in [2.05, 4.69) is 26.2 Å². The van der Waals surface area contributed by atoms with E-state index in [-0.39, 0.29) is 6.10 Å². The van der Waals surface area contributed by atoms with Crippen molar-refractivity contribution in [1.82, 2.24) is 15.0 Å². The Morgan fingerprint density at radius 1 is 1.64 bits per heavy atom. The Labute approximate surface area is 91.2 Å². The molecule has 0 spiro atoms. The molecule has 2 unspecified atom stereocenters. The molecule has 0 aromatic carbocycles. The largest absolute Gasteiger partial charge is 0.381 e. The summed E-state index contributed by atoms with van der Waals surface area (Å²) in [4.78, 5) is 0. The van der Waals surface area contributed by atoms with Crippen molar-refractivity contribution in [2.24, 2.45) is 7.05 Å². The first kappa shape index (κ1) is 11.6. The molecule has 0 amide bonds. The van der Waals surface area contributed by atoms with Crippen molar-refractivity contribution in [3.8, 4) is 0 Å². The van der Waals surface area contributed by atoms with E-state index in [1.165, 1.54) is 4.68 Å². The maximum atomic E-state index is 10.2. The van der Waals surface area contributed by atoms with Crippen molar-refractivity contribution in [2.75, 3.05) is 7.11 Å². The normalized spacial score (nSPS) is 17.9. The van der Waals surface area contributed by atoms with Gasteiger partial charge in [0.25, 0.3) is 0 Å². The lowest BCUT2D eigenvalue weighted by molar-refractivity contribution is -0.0823. The van der Waals surface area contributed by atoms with Gasteiger partial charge in [0, 0.05) is 14.2 Å². The number of aryl methyl sites for hydroxylation is 1. The summed E-state index contributed by atoms with van der Waals surface area (Å²) in [5.41, 5.74) is -0.516. The van der Waals surface area contributed by atoms with Gasteiger partial charge in [-0.3, -0.25) is 0 Å². The molecular formula is C8H14BrN3O2. The van der Waals surface area contributed by atoms with Crippen molar-refractivity contribution < 1.29 is 9.84 Å². The van der Waals surface area contributed by atoms with Crippen molar-refractivity contribution in [1.29, 1.82) is 0 Å². The Hall–Kier alpha value is -0.460. The minimum Gasteiger partial charge on any atom is -0.381 e. The van der Waals surface area contributed by atoms with Crippen LogP contribution in [0, 0.1) is 0 Å². The molecular weight excluding hydrogens is 250 g/mol. The lowest BCUT2D eigenvalue weighted by atomic mass is 9.97. The Morgan fingerprint density at radius 2 is 2.21 bits per heavy atom. The summed E-state index contributed by atoms with van der Waals surface area (Å²) in [6.45, 7) is 3.46. The molecule has 80 valence electrons. The second-order valence-corrected chi connectivity index (χ2v) is 4.13. The number of ether oxygens (including phenoxy) is 1. The van der Waals surface area contributed by atoms with Crippen molar-refractivity contribution in [2.45, 2.75) is 25.6 Å². The molecule has 1 aromatic heterocycles. The standard InChI is InChI=1S/C8H14BrN3O2/c1-5(14-4)8(2,13)6-7(9)10-11-12(6)3/h5,13H,1-4H3. The Morgan fingerprint density at radius 3 is 2.57 bits per heavy atom. The first-order valence-electron chi connectivity index (χ1n) is 4.22. The maximum absolute atomic E-state index is 10.2. The van der Waals surface area contributed by atoms with E-state index in [9.17, 15) is 5.11 Å². The quantitative estimate of drug-likeness (QED) is 0.878. The summed E-state index contributed by atoms with van der Waals surface area (Å²) in [6, 6.07) is 0. The van der Waals surface area contributed by atoms with E-state index in [1.807, 2.05) is 0 Å². The van der Waals surface area contributed by atoms with Gasteiger partial charge < -0.3 is 9.84 Å². The Balaban J connectivity index is 3.14. The lowest BCUT2D eigenvalue weighted by Crippen LogP contribution is -2.37. The highest BCUT2D eigenvalue weighted by molar-refractivity contribution is 9.10. The molecule has 0 aliphatic carbocycles. The predicted octanol–water partition coefficient (Wildman–Crippen LogP) is 0.820. The Kier molecular flexibility index (Phi) is 3.28. The third-order valence-electron chi connectivity index (χ3n) is 2.41. The van der Waals surface area contributed by atoms with Crippen LogP contribution >= 0.6 is 15.9 Å². The van der Waals surface area contributed by atoms with Gasteiger partial charge in [-0.2, -0.15) is 0 Å². The highest BCUT2D eigenvalue weighted by Crippen LogP contribution is 2.30. The summed E-state index contributed by atoms with van der Waals surface area (Å²) in [5.74, 6) is 0. The molecule has 1 rings (SSSR count). The van der Waals surface area contributed by atoms with Gasteiger partial charge in [-0.05, 0) is 29.8 Å². The summed E-state index contributed by atoms with van der Waals surface area (Å²) < 4.78 is 7.17. The number of hydrogen-bond donors (Lipinski definition) is 1. The summed E-state index contributed by atoms with van der Waals surface area (Å²) >= 11 is 3.24. The number of aromatic nitrogens is 3. The van der Waals surface area contributed by atoms with Gasteiger partial charge in [-0.1, -0.05) is 5.21 Å². The molecule has 1 aromatic rings. The van der Waals surface area contributed by atoms with Gasteiger partial charge >= 0.3 is 0 Å². The third-order valence-corrected chi connectivity index (χ3v) is 2.94. The van der Waals surface area contributed by atoms with E-state index in [1.54, 1.807) is 28.0 Å². The molecule has 0 saturated heterocycles. The van der Waals surface area contributed by atoms with Crippen LogP contribution in [0.2, 0.25) is 0 Å². The van der Waals surface area contributed by atoms with Crippen LogP contribution in [0.1, 0.15) is 19.5 Å². The van der Waals surface area contributed by atoms with Crippen molar-refractivity contribution >= 4 is 15.9 Å². The average molecular weight is 264 g/mol. The third kappa shape index (κ3) is 1.82. The first-order chi connectivity index (χ1) is 6.41. The summed E-state index contributed by atoms with van der Waals surface area (Å²) in [5, 5.41) is 17.9. The van der Waals surface area contributed by atoms with Gasteiger partial charge in [0.05, 0.1) is 6.10 Å². The van der Waals surface area contributed by atoms with E-state index in [0.717, 1.165) is 0 Å². The topological polar surface area (TPSA) is 60.2 Å². The number of aliphatic hydroxyl groups is 1.